The first-order valence-corrected chi connectivity index (χ1v) is 12.5. The van der Waals surface area contributed by atoms with Crippen LogP contribution in [0.2, 0.25) is 0 Å². The van der Waals surface area contributed by atoms with Crippen LogP contribution < -0.4 is 10.5 Å². The second kappa shape index (κ2) is 10.1. The van der Waals surface area contributed by atoms with Crippen molar-refractivity contribution in [3.05, 3.63) is 96.2 Å². The Kier molecular flexibility index (Phi) is 7.00. The molecule has 0 aliphatic heterocycles. The molecule has 1 unspecified atom stereocenters. The van der Waals surface area contributed by atoms with Gasteiger partial charge in [0.25, 0.3) is 5.91 Å². The van der Waals surface area contributed by atoms with Crippen LogP contribution in [0.1, 0.15) is 22.8 Å². The number of anilines is 1. The molecule has 3 N–H and O–H groups in total. The summed E-state index contributed by atoms with van der Waals surface area (Å²) in [6.07, 6.45) is 0.435. The van der Waals surface area contributed by atoms with Crippen LogP contribution in [0.4, 0.5) is 5.69 Å². The topological polar surface area (TPSA) is 133 Å². The van der Waals surface area contributed by atoms with Crippen molar-refractivity contribution < 1.29 is 22.7 Å². The van der Waals surface area contributed by atoms with Crippen molar-refractivity contribution in [1.82, 2.24) is 9.78 Å². The molecule has 0 fully saturated rings. The number of nitrogens with one attached hydrogen (secondary N) is 1. The van der Waals surface area contributed by atoms with Crippen LogP contribution in [0.5, 0.6) is 0 Å². The van der Waals surface area contributed by atoms with E-state index >= 15 is 0 Å². The third-order valence-corrected chi connectivity index (χ3v) is 6.31. The summed E-state index contributed by atoms with van der Waals surface area (Å²) in [5, 5.41) is 12.3. The molecule has 0 radical (unpaired) electrons. The van der Waals surface area contributed by atoms with Gasteiger partial charge in [-0.2, -0.15) is 5.10 Å². The minimum Gasteiger partial charge on any atom is -0.449 e. The molecule has 0 saturated carbocycles. The van der Waals surface area contributed by atoms with Gasteiger partial charge in [-0.1, -0.05) is 48.0 Å². The minimum absolute atomic E-state index is 0.0842. The molecule has 4 aromatic rings. The lowest BCUT2D eigenvalue weighted by atomic mass is 10.1. The van der Waals surface area contributed by atoms with Gasteiger partial charge in [-0.3, -0.25) is 4.79 Å². The maximum atomic E-state index is 13.1. The van der Waals surface area contributed by atoms with E-state index in [4.69, 9.17) is 9.88 Å². The molecule has 0 aliphatic rings. The summed E-state index contributed by atoms with van der Waals surface area (Å²) in [6, 6.07) is 22.2. The van der Waals surface area contributed by atoms with Crippen LogP contribution in [-0.4, -0.2) is 36.2 Å². The standard InChI is InChI=1S/C26H24N4O5S/c1-17-8-10-19(11-9-17)24-23(16-30(29-24)21-6-4-3-5-7-21)26(32)35-18(2)25(31)28-20-12-14-22(15-13-20)36(27,33)34/h3-16,18H,1-2H3,(H,28,31)(H2,27,33,34). The molecule has 0 spiro atoms. The van der Waals surface area contributed by atoms with Crippen molar-refractivity contribution in [3.63, 3.8) is 0 Å². The molecule has 1 atom stereocenters. The number of sulfonamides is 1. The maximum absolute atomic E-state index is 13.1. The van der Waals surface area contributed by atoms with Gasteiger partial charge in [0.1, 0.15) is 11.3 Å². The molecular weight excluding hydrogens is 480 g/mol. The zero-order valence-electron chi connectivity index (χ0n) is 19.6. The summed E-state index contributed by atoms with van der Waals surface area (Å²) < 4.78 is 29.8. The Morgan fingerprint density at radius 3 is 2.22 bits per heavy atom. The van der Waals surface area contributed by atoms with Crippen LogP contribution in [0.3, 0.4) is 0 Å². The van der Waals surface area contributed by atoms with E-state index in [-0.39, 0.29) is 10.5 Å². The van der Waals surface area contributed by atoms with Crippen LogP contribution in [0.25, 0.3) is 16.9 Å². The number of para-hydroxylation sites is 1. The monoisotopic (exact) mass is 504 g/mol. The number of aryl methyl sites for hydroxylation is 1. The van der Waals surface area contributed by atoms with Crippen LogP contribution in [-0.2, 0) is 19.6 Å². The van der Waals surface area contributed by atoms with Gasteiger partial charge in [-0.05, 0) is 50.2 Å². The van der Waals surface area contributed by atoms with Gasteiger partial charge in [-0.15, -0.1) is 0 Å². The molecule has 3 aromatic carbocycles. The molecule has 0 bridgehead atoms. The zero-order valence-corrected chi connectivity index (χ0v) is 20.4. The summed E-state index contributed by atoms with van der Waals surface area (Å²) in [6.45, 7) is 3.41. The number of hydrogen-bond donors (Lipinski definition) is 2. The van der Waals surface area contributed by atoms with Crippen molar-refractivity contribution in [2.24, 2.45) is 5.14 Å². The van der Waals surface area contributed by atoms with Crippen molar-refractivity contribution in [3.8, 4) is 16.9 Å². The number of ether oxygens (including phenoxy) is 1. The van der Waals surface area contributed by atoms with Crippen LogP contribution >= 0.6 is 0 Å². The third kappa shape index (κ3) is 5.68. The fraction of sp³-hybridized carbons (Fsp3) is 0.115. The summed E-state index contributed by atoms with van der Waals surface area (Å²) in [5.41, 5.74) is 3.52. The van der Waals surface area contributed by atoms with Gasteiger partial charge in [0.15, 0.2) is 6.10 Å². The van der Waals surface area contributed by atoms with E-state index in [0.717, 1.165) is 16.8 Å². The number of hydrogen-bond acceptors (Lipinski definition) is 6. The average Bonchev–Trinajstić information content (AvgIpc) is 3.30. The Morgan fingerprint density at radius 1 is 0.972 bits per heavy atom. The quantitative estimate of drug-likeness (QED) is 0.369. The van der Waals surface area contributed by atoms with Crippen molar-refractivity contribution in [1.29, 1.82) is 0 Å². The third-order valence-electron chi connectivity index (χ3n) is 5.38. The van der Waals surface area contributed by atoms with Gasteiger partial charge >= 0.3 is 5.97 Å². The first-order chi connectivity index (χ1) is 17.1. The summed E-state index contributed by atoms with van der Waals surface area (Å²) in [5.74, 6) is -1.29. The van der Waals surface area contributed by atoms with Gasteiger partial charge in [0, 0.05) is 17.4 Å². The fourth-order valence-electron chi connectivity index (χ4n) is 3.41. The number of nitrogens with two attached hydrogens (primary N) is 1. The molecule has 0 saturated heterocycles. The fourth-order valence-corrected chi connectivity index (χ4v) is 3.93. The highest BCUT2D eigenvalue weighted by atomic mass is 32.2. The minimum atomic E-state index is -3.85. The summed E-state index contributed by atoms with van der Waals surface area (Å²) >= 11 is 0. The smallest absolute Gasteiger partial charge is 0.342 e. The molecule has 1 heterocycles. The molecule has 36 heavy (non-hydrogen) atoms. The van der Waals surface area contributed by atoms with Gasteiger partial charge in [0.2, 0.25) is 10.0 Å². The normalized spacial score (nSPS) is 12.1. The van der Waals surface area contributed by atoms with E-state index in [9.17, 15) is 18.0 Å². The Morgan fingerprint density at radius 2 is 1.61 bits per heavy atom. The molecule has 1 amide bonds. The molecule has 9 nitrogen and oxygen atoms in total. The number of nitrogens with zero attached hydrogens (tertiary/aromatic N) is 2. The van der Waals surface area contributed by atoms with Gasteiger partial charge < -0.3 is 10.1 Å². The van der Waals surface area contributed by atoms with E-state index in [1.165, 1.54) is 31.2 Å². The van der Waals surface area contributed by atoms with Crippen molar-refractivity contribution in [2.75, 3.05) is 5.32 Å². The van der Waals surface area contributed by atoms with Crippen molar-refractivity contribution in [2.45, 2.75) is 24.8 Å². The Hall–Kier alpha value is -4.28. The molecular formula is C26H24N4O5S. The Balaban J connectivity index is 1.55. The van der Waals surface area contributed by atoms with E-state index in [1.807, 2.05) is 61.5 Å². The average molecular weight is 505 g/mol. The summed E-state index contributed by atoms with van der Waals surface area (Å²) in [4.78, 5) is 25.7. The highest BCUT2D eigenvalue weighted by Crippen LogP contribution is 2.25. The second-order valence-electron chi connectivity index (χ2n) is 8.14. The lowest BCUT2D eigenvalue weighted by Crippen LogP contribution is -2.30. The van der Waals surface area contributed by atoms with Crippen molar-refractivity contribution >= 4 is 27.6 Å². The van der Waals surface area contributed by atoms with E-state index < -0.39 is 28.0 Å². The molecule has 1 aromatic heterocycles. The lowest BCUT2D eigenvalue weighted by molar-refractivity contribution is -0.123. The molecule has 184 valence electrons. The van der Waals surface area contributed by atoms with Crippen LogP contribution in [0, 0.1) is 6.92 Å². The Bertz CT molecular complexity index is 1500. The van der Waals surface area contributed by atoms with E-state index in [0.29, 0.717) is 11.4 Å². The number of carbonyl (C=O) groups excluding carboxylic acids is 2. The number of esters is 1. The van der Waals surface area contributed by atoms with E-state index in [1.54, 1.807) is 10.9 Å². The Labute approximate surface area is 208 Å². The maximum Gasteiger partial charge on any atom is 0.342 e. The predicted molar refractivity (Wildman–Crippen MR) is 135 cm³/mol. The van der Waals surface area contributed by atoms with E-state index in [2.05, 4.69) is 10.4 Å². The van der Waals surface area contributed by atoms with Gasteiger partial charge in [-0.25, -0.2) is 23.0 Å². The molecule has 4 rings (SSSR count). The SMILES string of the molecule is Cc1ccc(-c2nn(-c3ccccc3)cc2C(=O)OC(C)C(=O)Nc2ccc(S(N)(=O)=O)cc2)cc1. The zero-order chi connectivity index (χ0) is 25.9. The highest BCUT2D eigenvalue weighted by molar-refractivity contribution is 7.89. The summed E-state index contributed by atoms with van der Waals surface area (Å²) in [7, 11) is -3.85. The number of amides is 1. The number of aromatic nitrogens is 2. The molecule has 0 aliphatic carbocycles. The first-order valence-electron chi connectivity index (χ1n) is 11.0. The second-order valence-corrected chi connectivity index (χ2v) is 9.71. The largest absolute Gasteiger partial charge is 0.449 e. The highest BCUT2D eigenvalue weighted by Gasteiger charge is 2.24. The number of primary sulfonamides is 1. The number of benzene rings is 3. The number of carbonyl (C=O) groups is 2. The number of rotatable bonds is 7. The van der Waals surface area contributed by atoms with Gasteiger partial charge in [0.05, 0.1) is 10.6 Å². The lowest BCUT2D eigenvalue weighted by Gasteiger charge is -2.14. The van der Waals surface area contributed by atoms with Crippen LogP contribution in [0.15, 0.2) is 90.0 Å². The predicted octanol–water partition coefficient (Wildman–Crippen LogP) is 3.68. The molecule has 10 heteroatoms. The first kappa shape index (κ1) is 24.8.